The van der Waals surface area contributed by atoms with E-state index in [2.05, 4.69) is 5.32 Å². The molecule has 0 radical (unpaired) electrons. The maximum atomic E-state index is 12.3. The van der Waals surface area contributed by atoms with Crippen LogP contribution in [0.3, 0.4) is 0 Å². The van der Waals surface area contributed by atoms with Gasteiger partial charge < -0.3 is 9.73 Å². The summed E-state index contributed by atoms with van der Waals surface area (Å²) in [6.07, 6.45) is 0. The second-order valence-electron chi connectivity index (χ2n) is 5.57. The molecule has 3 aromatic rings. The van der Waals surface area contributed by atoms with Crippen LogP contribution < -0.4 is 10.7 Å². The van der Waals surface area contributed by atoms with Crippen LogP contribution in [0.4, 0.5) is 5.69 Å². The number of hydrogen-bond acceptors (Lipinski definition) is 4. The molecule has 0 atom stereocenters. The van der Waals surface area contributed by atoms with Gasteiger partial charge in [0.2, 0.25) is 0 Å². The van der Waals surface area contributed by atoms with Crippen molar-refractivity contribution in [1.29, 1.82) is 0 Å². The van der Waals surface area contributed by atoms with E-state index in [-0.39, 0.29) is 17.0 Å². The van der Waals surface area contributed by atoms with Gasteiger partial charge in [0.15, 0.2) is 17.0 Å². The first-order valence-corrected chi connectivity index (χ1v) is 7.41. The van der Waals surface area contributed by atoms with Crippen LogP contribution in [0, 0.1) is 6.92 Å². The third-order valence-electron chi connectivity index (χ3n) is 3.63. The summed E-state index contributed by atoms with van der Waals surface area (Å²) in [6, 6.07) is 12.9. The van der Waals surface area contributed by atoms with Gasteiger partial charge in [-0.25, -0.2) is 0 Å². The number of nitrogens with one attached hydrogen (secondary N) is 1. The van der Waals surface area contributed by atoms with Crippen molar-refractivity contribution in [1.82, 2.24) is 0 Å². The lowest BCUT2D eigenvalue weighted by Gasteiger charge is -2.07. The molecular formula is C19H15NO4. The third kappa shape index (κ3) is 3.10. The minimum atomic E-state index is -0.546. The van der Waals surface area contributed by atoms with E-state index >= 15 is 0 Å². The Bertz CT molecular complexity index is 1020. The summed E-state index contributed by atoms with van der Waals surface area (Å²) in [6.45, 7) is 3.33. The number of rotatable bonds is 3. The van der Waals surface area contributed by atoms with Crippen LogP contribution in [0.1, 0.15) is 33.4 Å². The van der Waals surface area contributed by atoms with Gasteiger partial charge in [0.05, 0.1) is 5.39 Å². The lowest BCUT2D eigenvalue weighted by atomic mass is 10.1. The topological polar surface area (TPSA) is 76.4 Å². The van der Waals surface area contributed by atoms with Crippen molar-refractivity contribution in [3.8, 4) is 0 Å². The van der Waals surface area contributed by atoms with Gasteiger partial charge in [0.25, 0.3) is 5.91 Å². The van der Waals surface area contributed by atoms with Crippen LogP contribution in [0.5, 0.6) is 0 Å². The Hall–Kier alpha value is -3.21. The van der Waals surface area contributed by atoms with E-state index in [1.807, 2.05) is 13.0 Å². The molecule has 0 spiro atoms. The zero-order valence-electron chi connectivity index (χ0n) is 13.3. The van der Waals surface area contributed by atoms with E-state index in [1.165, 1.54) is 13.0 Å². The van der Waals surface area contributed by atoms with Gasteiger partial charge in [-0.15, -0.1) is 0 Å². The molecule has 0 unspecified atom stereocenters. The largest absolute Gasteiger partial charge is 0.451 e. The highest BCUT2D eigenvalue weighted by atomic mass is 16.3. The van der Waals surface area contributed by atoms with Crippen molar-refractivity contribution < 1.29 is 14.0 Å². The van der Waals surface area contributed by atoms with Crippen LogP contribution in [-0.2, 0) is 0 Å². The van der Waals surface area contributed by atoms with Crippen LogP contribution in [-0.4, -0.2) is 11.7 Å². The Morgan fingerprint density at radius 2 is 1.83 bits per heavy atom. The fourth-order valence-electron chi connectivity index (χ4n) is 2.39. The fraction of sp³-hybridized carbons (Fsp3) is 0.105. The first-order chi connectivity index (χ1) is 11.4. The van der Waals surface area contributed by atoms with E-state index in [0.29, 0.717) is 22.2 Å². The number of benzene rings is 2. The Morgan fingerprint density at radius 3 is 2.58 bits per heavy atom. The smallest absolute Gasteiger partial charge is 0.291 e. The van der Waals surface area contributed by atoms with Gasteiger partial charge in [-0.05, 0) is 38.1 Å². The summed E-state index contributed by atoms with van der Waals surface area (Å²) in [7, 11) is 0. The standard InChI is InChI=1S/C19H15NO4/c1-11-6-7-17-15(8-11)16(22)10-18(24-17)19(23)20-14-5-3-4-13(9-14)12(2)21/h3-10H,1-2H3,(H,20,23). The molecule has 24 heavy (non-hydrogen) atoms. The van der Waals surface area contributed by atoms with Gasteiger partial charge in [0.1, 0.15) is 5.58 Å². The molecule has 0 bridgehead atoms. The number of Topliss-reactive ketones (excluding diaryl/α,β-unsaturated/α-hetero) is 1. The average molecular weight is 321 g/mol. The normalized spacial score (nSPS) is 10.6. The number of fused-ring (bicyclic) bond motifs is 1. The molecule has 120 valence electrons. The predicted octanol–water partition coefficient (Wildman–Crippen LogP) is 3.56. The van der Waals surface area contributed by atoms with Crippen molar-refractivity contribution in [3.05, 3.63) is 75.6 Å². The SMILES string of the molecule is CC(=O)c1cccc(NC(=O)c2cc(=O)c3cc(C)ccc3o2)c1. The molecule has 0 fully saturated rings. The summed E-state index contributed by atoms with van der Waals surface area (Å²) in [5.41, 5.74) is 1.97. The second kappa shape index (κ2) is 6.12. The van der Waals surface area contributed by atoms with Gasteiger partial charge in [-0.2, -0.15) is 0 Å². The monoisotopic (exact) mass is 321 g/mol. The fourth-order valence-corrected chi connectivity index (χ4v) is 2.39. The summed E-state index contributed by atoms with van der Waals surface area (Å²) in [4.78, 5) is 35.9. The first kappa shape index (κ1) is 15.7. The number of aryl methyl sites for hydroxylation is 1. The molecule has 5 nitrogen and oxygen atoms in total. The Balaban J connectivity index is 1.94. The van der Waals surface area contributed by atoms with Crippen molar-refractivity contribution >= 4 is 28.3 Å². The number of hydrogen-bond donors (Lipinski definition) is 1. The third-order valence-corrected chi connectivity index (χ3v) is 3.63. The quantitative estimate of drug-likeness (QED) is 0.748. The summed E-state index contributed by atoms with van der Waals surface area (Å²) in [5, 5.41) is 3.07. The molecule has 2 aromatic carbocycles. The molecule has 1 aromatic heterocycles. The molecular weight excluding hydrogens is 306 g/mol. The first-order valence-electron chi connectivity index (χ1n) is 7.41. The summed E-state index contributed by atoms with van der Waals surface area (Å²) < 4.78 is 5.53. The van der Waals surface area contributed by atoms with Crippen LogP contribution in [0.25, 0.3) is 11.0 Å². The molecule has 0 aliphatic carbocycles. The highest BCUT2D eigenvalue weighted by Gasteiger charge is 2.13. The Kier molecular flexibility index (Phi) is 4.00. The van der Waals surface area contributed by atoms with Crippen molar-refractivity contribution in [2.45, 2.75) is 13.8 Å². The minimum Gasteiger partial charge on any atom is -0.451 e. The maximum absolute atomic E-state index is 12.3. The number of carbonyl (C=O) groups is 2. The molecule has 5 heteroatoms. The van der Waals surface area contributed by atoms with E-state index in [1.54, 1.807) is 36.4 Å². The van der Waals surface area contributed by atoms with Crippen LogP contribution in [0.15, 0.2) is 57.7 Å². The summed E-state index contributed by atoms with van der Waals surface area (Å²) in [5.74, 6) is -0.724. The zero-order chi connectivity index (χ0) is 17.3. The molecule has 0 aliphatic rings. The highest BCUT2D eigenvalue weighted by molar-refractivity contribution is 6.04. The summed E-state index contributed by atoms with van der Waals surface area (Å²) >= 11 is 0. The molecule has 0 saturated carbocycles. The van der Waals surface area contributed by atoms with Crippen molar-refractivity contribution in [2.75, 3.05) is 5.32 Å². The maximum Gasteiger partial charge on any atom is 0.291 e. The number of anilines is 1. The predicted molar refractivity (Wildman–Crippen MR) is 91.6 cm³/mol. The number of ketones is 1. The molecule has 0 aliphatic heterocycles. The molecule has 1 heterocycles. The molecule has 1 amide bonds. The van der Waals surface area contributed by atoms with E-state index < -0.39 is 5.91 Å². The average Bonchev–Trinajstić information content (AvgIpc) is 2.55. The van der Waals surface area contributed by atoms with Crippen molar-refractivity contribution in [2.24, 2.45) is 0 Å². The van der Waals surface area contributed by atoms with E-state index in [0.717, 1.165) is 5.56 Å². The van der Waals surface area contributed by atoms with Gasteiger partial charge in [0, 0.05) is 17.3 Å². The Labute approximate surface area is 137 Å². The number of amides is 1. The zero-order valence-corrected chi connectivity index (χ0v) is 13.3. The van der Waals surface area contributed by atoms with Gasteiger partial charge >= 0.3 is 0 Å². The highest BCUT2D eigenvalue weighted by Crippen LogP contribution is 2.16. The Morgan fingerprint density at radius 1 is 1.04 bits per heavy atom. The number of carbonyl (C=O) groups excluding carboxylic acids is 2. The van der Waals surface area contributed by atoms with Crippen molar-refractivity contribution in [3.63, 3.8) is 0 Å². The lowest BCUT2D eigenvalue weighted by Crippen LogP contribution is -2.15. The molecule has 3 rings (SSSR count). The molecule has 1 N–H and O–H groups in total. The molecule has 0 saturated heterocycles. The second-order valence-corrected chi connectivity index (χ2v) is 5.57. The van der Waals surface area contributed by atoms with E-state index in [9.17, 15) is 14.4 Å². The van der Waals surface area contributed by atoms with Crippen LogP contribution in [0.2, 0.25) is 0 Å². The lowest BCUT2D eigenvalue weighted by molar-refractivity contribution is 0.0992. The minimum absolute atomic E-state index is 0.0791. The van der Waals surface area contributed by atoms with Crippen LogP contribution >= 0.6 is 0 Å². The van der Waals surface area contributed by atoms with Gasteiger partial charge in [-0.3, -0.25) is 14.4 Å². The van der Waals surface area contributed by atoms with E-state index in [4.69, 9.17) is 4.42 Å². The van der Waals surface area contributed by atoms with Gasteiger partial charge in [-0.1, -0.05) is 23.8 Å².